The van der Waals surface area contributed by atoms with Crippen molar-refractivity contribution < 1.29 is 24.2 Å². The zero-order chi connectivity index (χ0) is 16.7. The third kappa shape index (κ3) is 3.39. The van der Waals surface area contributed by atoms with Gasteiger partial charge in [-0.2, -0.15) is 0 Å². The molecule has 0 aromatic rings. The Balaban J connectivity index is 1.63. The van der Waals surface area contributed by atoms with Gasteiger partial charge < -0.3 is 14.6 Å². The SMILES string of the molecule is CC(C(=O)O)C(=O)OC(OC1C2CC3CC(C2)CC1C3)C(C)C. The second-order valence-corrected chi connectivity index (χ2v) is 8.14. The Labute approximate surface area is 137 Å². The van der Waals surface area contributed by atoms with E-state index in [1.807, 2.05) is 13.8 Å². The second-order valence-electron chi connectivity index (χ2n) is 8.14. The molecule has 0 radical (unpaired) electrons. The molecule has 4 rings (SSSR count). The minimum absolute atomic E-state index is 0.0112. The topological polar surface area (TPSA) is 72.8 Å². The Morgan fingerprint density at radius 3 is 1.91 bits per heavy atom. The van der Waals surface area contributed by atoms with Crippen LogP contribution in [0.2, 0.25) is 0 Å². The van der Waals surface area contributed by atoms with Crippen LogP contribution >= 0.6 is 0 Å². The van der Waals surface area contributed by atoms with Crippen molar-refractivity contribution in [1.29, 1.82) is 0 Å². The van der Waals surface area contributed by atoms with Crippen molar-refractivity contribution in [2.45, 2.75) is 65.3 Å². The summed E-state index contributed by atoms with van der Waals surface area (Å²) in [6.45, 7) is 5.24. The van der Waals surface area contributed by atoms with Gasteiger partial charge in [0.2, 0.25) is 6.29 Å². The first-order chi connectivity index (χ1) is 10.8. The van der Waals surface area contributed by atoms with Gasteiger partial charge in [-0.15, -0.1) is 0 Å². The van der Waals surface area contributed by atoms with E-state index in [0.29, 0.717) is 11.8 Å². The Bertz CT molecular complexity index is 444. The number of hydrogen-bond acceptors (Lipinski definition) is 4. The highest BCUT2D eigenvalue weighted by molar-refractivity contribution is 5.93. The summed E-state index contributed by atoms with van der Waals surface area (Å²) in [5, 5.41) is 8.95. The summed E-state index contributed by atoms with van der Waals surface area (Å²) in [7, 11) is 0. The lowest BCUT2D eigenvalue weighted by Gasteiger charge is -2.54. The lowest BCUT2D eigenvalue weighted by molar-refractivity contribution is -0.238. The van der Waals surface area contributed by atoms with Crippen LogP contribution in [0.15, 0.2) is 0 Å². The van der Waals surface area contributed by atoms with Gasteiger partial charge in [-0.05, 0) is 62.7 Å². The van der Waals surface area contributed by atoms with Gasteiger partial charge in [0.05, 0.1) is 6.10 Å². The molecule has 4 fully saturated rings. The first-order valence-corrected chi connectivity index (χ1v) is 8.93. The number of carboxylic acid groups (broad SMARTS) is 1. The summed E-state index contributed by atoms with van der Waals surface area (Å²) < 4.78 is 11.7. The predicted molar refractivity (Wildman–Crippen MR) is 83.4 cm³/mol. The molecule has 0 aromatic carbocycles. The van der Waals surface area contributed by atoms with E-state index < -0.39 is 24.1 Å². The largest absolute Gasteiger partial charge is 0.481 e. The molecule has 130 valence electrons. The molecular formula is C18H28O5. The van der Waals surface area contributed by atoms with Crippen LogP contribution in [0.3, 0.4) is 0 Å². The number of hydrogen-bond donors (Lipinski definition) is 1. The van der Waals surface area contributed by atoms with Crippen LogP contribution in [0, 0.1) is 35.5 Å². The molecule has 0 amide bonds. The summed E-state index contributed by atoms with van der Waals surface area (Å²) >= 11 is 0. The second kappa shape index (κ2) is 6.42. The summed E-state index contributed by atoms with van der Waals surface area (Å²) in [4.78, 5) is 22.9. The lowest BCUT2D eigenvalue weighted by atomic mass is 9.55. The van der Waals surface area contributed by atoms with Crippen molar-refractivity contribution in [1.82, 2.24) is 0 Å². The lowest BCUT2D eigenvalue weighted by Crippen LogP contribution is -2.51. The average Bonchev–Trinajstić information content (AvgIpc) is 2.47. The molecule has 4 aliphatic rings. The Hall–Kier alpha value is -1.10. The maximum atomic E-state index is 12.0. The highest BCUT2D eigenvalue weighted by Crippen LogP contribution is 2.55. The van der Waals surface area contributed by atoms with Gasteiger partial charge >= 0.3 is 11.9 Å². The third-order valence-corrected chi connectivity index (χ3v) is 5.93. The molecule has 4 bridgehead atoms. The average molecular weight is 324 g/mol. The number of carbonyl (C=O) groups excluding carboxylic acids is 1. The molecule has 4 saturated carbocycles. The van der Waals surface area contributed by atoms with Gasteiger partial charge in [-0.25, -0.2) is 0 Å². The minimum Gasteiger partial charge on any atom is -0.481 e. The number of ether oxygens (including phenoxy) is 2. The molecule has 23 heavy (non-hydrogen) atoms. The first kappa shape index (κ1) is 16.7. The summed E-state index contributed by atoms with van der Waals surface area (Å²) in [6, 6.07) is 0. The van der Waals surface area contributed by atoms with Crippen LogP contribution in [0.1, 0.15) is 52.9 Å². The quantitative estimate of drug-likeness (QED) is 0.462. The Morgan fingerprint density at radius 1 is 0.957 bits per heavy atom. The van der Waals surface area contributed by atoms with Crippen LogP contribution in [-0.4, -0.2) is 29.4 Å². The van der Waals surface area contributed by atoms with Gasteiger partial charge in [-0.3, -0.25) is 9.59 Å². The standard InChI is InChI=1S/C18H28O5/c1-9(2)18(23-17(21)10(3)16(19)20)22-15-13-5-11-4-12(7-13)8-14(15)6-11/h9-15,18H,4-8H2,1-3H3,(H,19,20). The van der Waals surface area contributed by atoms with E-state index in [4.69, 9.17) is 14.6 Å². The zero-order valence-corrected chi connectivity index (χ0v) is 14.2. The van der Waals surface area contributed by atoms with Crippen molar-refractivity contribution in [3.8, 4) is 0 Å². The molecule has 1 N–H and O–H groups in total. The van der Waals surface area contributed by atoms with Gasteiger partial charge in [-0.1, -0.05) is 13.8 Å². The Kier molecular flexibility index (Phi) is 4.68. The van der Waals surface area contributed by atoms with Crippen LogP contribution in [0.5, 0.6) is 0 Å². The van der Waals surface area contributed by atoms with Crippen molar-refractivity contribution in [2.75, 3.05) is 0 Å². The predicted octanol–water partition coefficient (Wildman–Crippen LogP) is 3.07. The maximum absolute atomic E-state index is 12.0. The van der Waals surface area contributed by atoms with Gasteiger partial charge in [0, 0.05) is 5.92 Å². The van der Waals surface area contributed by atoms with E-state index in [9.17, 15) is 9.59 Å². The fourth-order valence-corrected chi connectivity index (χ4v) is 4.89. The number of carboxylic acids is 1. The van der Waals surface area contributed by atoms with E-state index >= 15 is 0 Å². The van der Waals surface area contributed by atoms with Gasteiger partial charge in [0.1, 0.15) is 0 Å². The highest BCUT2D eigenvalue weighted by Gasteiger charge is 2.49. The van der Waals surface area contributed by atoms with E-state index in [-0.39, 0.29) is 12.0 Å². The maximum Gasteiger partial charge on any atom is 0.322 e. The molecule has 0 aromatic heterocycles. The highest BCUT2D eigenvalue weighted by atomic mass is 16.7. The van der Waals surface area contributed by atoms with E-state index in [1.165, 1.54) is 39.0 Å². The smallest absolute Gasteiger partial charge is 0.322 e. The molecule has 4 aliphatic carbocycles. The minimum atomic E-state index is -1.16. The van der Waals surface area contributed by atoms with Crippen LogP contribution in [0.25, 0.3) is 0 Å². The van der Waals surface area contributed by atoms with Crippen molar-refractivity contribution >= 4 is 11.9 Å². The van der Waals surface area contributed by atoms with Crippen LogP contribution in [0.4, 0.5) is 0 Å². The summed E-state index contributed by atoms with van der Waals surface area (Å²) in [6.07, 6.45) is 5.86. The molecule has 0 saturated heterocycles. The number of esters is 1. The van der Waals surface area contributed by atoms with Gasteiger partial charge in [0.15, 0.2) is 5.92 Å². The zero-order valence-electron chi connectivity index (χ0n) is 14.2. The molecule has 0 spiro atoms. The number of carbonyl (C=O) groups is 2. The Morgan fingerprint density at radius 2 is 1.48 bits per heavy atom. The summed E-state index contributed by atoms with van der Waals surface area (Å²) in [5.74, 6) is -0.109. The van der Waals surface area contributed by atoms with Crippen molar-refractivity contribution in [3.05, 3.63) is 0 Å². The number of aliphatic carboxylic acids is 1. The third-order valence-electron chi connectivity index (χ3n) is 5.93. The van der Waals surface area contributed by atoms with Crippen molar-refractivity contribution in [2.24, 2.45) is 35.5 Å². The normalized spacial score (nSPS) is 37.7. The van der Waals surface area contributed by atoms with Gasteiger partial charge in [0.25, 0.3) is 0 Å². The van der Waals surface area contributed by atoms with E-state index in [2.05, 4.69) is 0 Å². The van der Waals surface area contributed by atoms with Crippen LogP contribution in [-0.2, 0) is 19.1 Å². The van der Waals surface area contributed by atoms with E-state index in [0.717, 1.165) is 11.8 Å². The number of rotatable bonds is 6. The fraction of sp³-hybridized carbons (Fsp3) is 0.889. The molecular weight excluding hydrogens is 296 g/mol. The monoisotopic (exact) mass is 324 g/mol. The van der Waals surface area contributed by atoms with Crippen molar-refractivity contribution in [3.63, 3.8) is 0 Å². The molecule has 0 aliphatic heterocycles. The molecule has 0 heterocycles. The van der Waals surface area contributed by atoms with E-state index in [1.54, 1.807) is 0 Å². The molecule has 2 unspecified atom stereocenters. The molecule has 5 nitrogen and oxygen atoms in total. The molecule has 2 atom stereocenters. The molecule has 5 heteroatoms. The summed E-state index contributed by atoms with van der Waals surface area (Å²) in [5.41, 5.74) is 0. The first-order valence-electron chi connectivity index (χ1n) is 8.93. The van der Waals surface area contributed by atoms with Crippen LogP contribution < -0.4 is 0 Å². The fourth-order valence-electron chi connectivity index (χ4n) is 4.89.